The Balaban J connectivity index is 2.24. The molecular formula is C17H19N3O4. The molecule has 1 aliphatic carbocycles. The van der Waals surface area contributed by atoms with E-state index < -0.39 is 22.4 Å². The van der Waals surface area contributed by atoms with Crippen LogP contribution in [-0.4, -0.2) is 31.6 Å². The Labute approximate surface area is 138 Å². The highest BCUT2D eigenvalue weighted by atomic mass is 16.6. The fourth-order valence-electron chi connectivity index (χ4n) is 3.87. The molecule has 0 saturated carbocycles. The second-order valence-electron chi connectivity index (χ2n) is 6.66. The summed E-state index contributed by atoms with van der Waals surface area (Å²) in [6, 6.07) is 6.24. The number of rotatable bonds is 3. The summed E-state index contributed by atoms with van der Waals surface area (Å²) < 4.78 is 0. The van der Waals surface area contributed by atoms with Crippen molar-refractivity contribution in [2.24, 2.45) is 5.92 Å². The lowest BCUT2D eigenvalue weighted by molar-refractivity contribution is -0.384. The summed E-state index contributed by atoms with van der Waals surface area (Å²) in [5.41, 5.74) is 1.69. The van der Waals surface area contributed by atoms with Gasteiger partial charge < -0.3 is 5.11 Å². The number of carbonyl (C=O) groups excluding carboxylic acids is 1. The van der Waals surface area contributed by atoms with Crippen LogP contribution in [0.2, 0.25) is 0 Å². The van der Waals surface area contributed by atoms with E-state index in [1.165, 1.54) is 19.1 Å². The molecule has 0 fully saturated rings. The van der Waals surface area contributed by atoms with Crippen molar-refractivity contribution < 1.29 is 14.8 Å². The number of aromatic nitrogens is 2. The summed E-state index contributed by atoms with van der Waals surface area (Å²) in [6.45, 7) is 4.92. The molecule has 3 atom stereocenters. The Kier molecular flexibility index (Phi) is 3.76. The molecule has 0 bridgehead atoms. The van der Waals surface area contributed by atoms with Crippen LogP contribution in [-0.2, 0) is 11.2 Å². The zero-order chi connectivity index (χ0) is 17.6. The van der Waals surface area contributed by atoms with Crippen molar-refractivity contribution in [3.8, 4) is 0 Å². The van der Waals surface area contributed by atoms with E-state index >= 15 is 0 Å². The van der Waals surface area contributed by atoms with Crippen molar-refractivity contribution in [2.75, 3.05) is 0 Å². The Morgan fingerprint density at radius 2 is 2.21 bits per heavy atom. The van der Waals surface area contributed by atoms with E-state index in [0.29, 0.717) is 11.3 Å². The summed E-state index contributed by atoms with van der Waals surface area (Å²) in [5.74, 6) is -1.31. The number of fused-ring (bicyclic) bond motifs is 1. The molecule has 126 valence electrons. The van der Waals surface area contributed by atoms with Gasteiger partial charge in [-0.3, -0.25) is 20.0 Å². The summed E-state index contributed by atoms with van der Waals surface area (Å²) in [5, 5.41) is 29.1. The number of H-pyrrole nitrogens is 1. The highest BCUT2D eigenvalue weighted by Gasteiger charge is 2.48. The first-order valence-corrected chi connectivity index (χ1v) is 7.73. The molecule has 0 spiro atoms. The van der Waals surface area contributed by atoms with Crippen molar-refractivity contribution >= 4 is 11.5 Å². The van der Waals surface area contributed by atoms with E-state index in [0.717, 1.165) is 11.3 Å². The zero-order valence-electron chi connectivity index (χ0n) is 13.7. The van der Waals surface area contributed by atoms with Crippen LogP contribution in [0.3, 0.4) is 0 Å². The minimum atomic E-state index is -1.27. The smallest absolute Gasteiger partial charge is 0.269 e. The highest BCUT2D eigenvalue weighted by Crippen LogP contribution is 2.47. The number of nitro benzene ring substituents is 1. The van der Waals surface area contributed by atoms with Gasteiger partial charge in [-0.1, -0.05) is 12.1 Å². The first-order chi connectivity index (χ1) is 11.2. The Morgan fingerprint density at radius 3 is 2.83 bits per heavy atom. The van der Waals surface area contributed by atoms with Crippen LogP contribution in [0.5, 0.6) is 0 Å². The number of non-ortho nitro benzene ring substituents is 1. The molecule has 2 N–H and O–H groups in total. The lowest BCUT2D eigenvalue weighted by atomic mass is 9.64. The number of benzene rings is 1. The van der Waals surface area contributed by atoms with Gasteiger partial charge in [0.15, 0.2) is 0 Å². The first-order valence-electron chi connectivity index (χ1n) is 7.73. The summed E-state index contributed by atoms with van der Waals surface area (Å²) in [6.07, 6.45) is 0.266. The summed E-state index contributed by atoms with van der Waals surface area (Å²) >= 11 is 0. The predicted molar refractivity (Wildman–Crippen MR) is 86.8 cm³/mol. The van der Waals surface area contributed by atoms with Gasteiger partial charge in [0.05, 0.1) is 22.1 Å². The number of hydrogen-bond acceptors (Lipinski definition) is 5. The summed E-state index contributed by atoms with van der Waals surface area (Å²) in [7, 11) is 0. The molecule has 0 amide bonds. The van der Waals surface area contributed by atoms with Gasteiger partial charge >= 0.3 is 0 Å². The number of aliphatic hydroxyl groups is 1. The minimum Gasteiger partial charge on any atom is -0.389 e. The van der Waals surface area contributed by atoms with E-state index in [1.54, 1.807) is 19.1 Å². The van der Waals surface area contributed by atoms with E-state index in [9.17, 15) is 20.0 Å². The molecule has 1 heterocycles. The number of nitrogens with zero attached hydrogens (tertiary/aromatic N) is 2. The van der Waals surface area contributed by atoms with Crippen LogP contribution in [0.25, 0.3) is 0 Å². The number of aromatic amines is 1. The van der Waals surface area contributed by atoms with Crippen molar-refractivity contribution in [3.63, 3.8) is 0 Å². The van der Waals surface area contributed by atoms with Crippen LogP contribution >= 0.6 is 0 Å². The molecule has 1 aromatic heterocycles. The van der Waals surface area contributed by atoms with Crippen LogP contribution in [0.4, 0.5) is 5.69 Å². The molecule has 0 saturated heterocycles. The van der Waals surface area contributed by atoms with Gasteiger partial charge in [0.25, 0.3) is 5.69 Å². The molecule has 0 aliphatic heterocycles. The third-order valence-corrected chi connectivity index (χ3v) is 4.79. The van der Waals surface area contributed by atoms with Crippen molar-refractivity contribution in [1.29, 1.82) is 0 Å². The fraction of sp³-hybridized carbons (Fsp3) is 0.412. The Bertz CT molecular complexity index is 825. The Morgan fingerprint density at radius 1 is 1.50 bits per heavy atom. The number of aryl methyl sites for hydroxylation is 1. The maximum atomic E-state index is 12.3. The van der Waals surface area contributed by atoms with Gasteiger partial charge in [-0.2, -0.15) is 5.10 Å². The van der Waals surface area contributed by atoms with Crippen LogP contribution in [0.15, 0.2) is 24.3 Å². The SMILES string of the molecule is CC(=O)[C@H]1[C@H](c2cccc([N+](=O)[O-])c2)c2c(n[nH]c2C)C[C@]1(C)O. The standard InChI is InChI=1S/C17H19N3O4/c1-9-14-13(19-18-9)8-17(3,22)16(10(2)21)15(14)11-5-4-6-12(7-11)20(23)24/h4-7,15-16,22H,8H2,1-3H3,(H,18,19)/t15-,16+,17+/m1/s1. The maximum absolute atomic E-state index is 12.3. The molecular weight excluding hydrogens is 310 g/mol. The van der Waals surface area contributed by atoms with Gasteiger partial charge in [0.2, 0.25) is 0 Å². The first kappa shape index (κ1) is 16.3. The number of carbonyl (C=O) groups is 1. The number of ketones is 1. The normalized spacial score (nSPS) is 26.0. The third-order valence-electron chi connectivity index (χ3n) is 4.79. The van der Waals surface area contributed by atoms with Crippen molar-refractivity contribution in [3.05, 3.63) is 56.9 Å². The molecule has 7 nitrogen and oxygen atoms in total. The van der Waals surface area contributed by atoms with Gasteiger partial charge in [-0.05, 0) is 26.3 Å². The average Bonchev–Trinajstić information content (AvgIpc) is 2.85. The maximum Gasteiger partial charge on any atom is 0.269 e. The van der Waals surface area contributed by atoms with Gasteiger partial charge in [0.1, 0.15) is 5.78 Å². The monoisotopic (exact) mass is 329 g/mol. The molecule has 24 heavy (non-hydrogen) atoms. The van der Waals surface area contributed by atoms with Crippen LogP contribution in [0.1, 0.15) is 42.3 Å². The van der Waals surface area contributed by atoms with Gasteiger partial charge in [-0.15, -0.1) is 0 Å². The lowest BCUT2D eigenvalue weighted by Crippen LogP contribution is -2.48. The fourth-order valence-corrected chi connectivity index (χ4v) is 3.87. The van der Waals surface area contributed by atoms with Crippen LogP contribution < -0.4 is 0 Å². The predicted octanol–water partition coefficient (Wildman–Crippen LogP) is 2.27. The molecule has 0 radical (unpaired) electrons. The second-order valence-corrected chi connectivity index (χ2v) is 6.66. The largest absolute Gasteiger partial charge is 0.389 e. The van der Waals surface area contributed by atoms with E-state index in [-0.39, 0.29) is 17.9 Å². The number of nitrogens with one attached hydrogen (secondary N) is 1. The second kappa shape index (κ2) is 5.52. The number of nitro groups is 1. The molecule has 3 rings (SSSR count). The molecule has 7 heteroatoms. The number of hydrogen-bond donors (Lipinski definition) is 2. The average molecular weight is 329 g/mol. The molecule has 2 aromatic rings. The lowest BCUT2D eigenvalue weighted by Gasteiger charge is -2.41. The minimum absolute atomic E-state index is 0.0392. The van der Waals surface area contributed by atoms with Crippen molar-refractivity contribution in [1.82, 2.24) is 10.2 Å². The zero-order valence-corrected chi connectivity index (χ0v) is 13.7. The highest BCUT2D eigenvalue weighted by molar-refractivity contribution is 5.82. The Hall–Kier alpha value is -2.54. The van der Waals surface area contributed by atoms with Crippen molar-refractivity contribution in [2.45, 2.75) is 38.7 Å². The summed E-state index contributed by atoms with van der Waals surface area (Å²) in [4.78, 5) is 23.0. The molecule has 1 aliphatic rings. The topological polar surface area (TPSA) is 109 Å². The van der Waals surface area contributed by atoms with E-state index in [1.807, 2.05) is 6.92 Å². The van der Waals surface area contributed by atoms with Gasteiger partial charge in [-0.25, -0.2) is 0 Å². The quantitative estimate of drug-likeness (QED) is 0.663. The number of Topliss-reactive ketones (excluding diaryl/α,β-unsaturated/α-hetero) is 1. The van der Waals surface area contributed by atoms with E-state index in [4.69, 9.17) is 0 Å². The molecule has 0 unspecified atom stereocenters. The van der Waals surface area contributed by atoms with Crippen LogP contribution in [0, 0.1) is 23.0 Å². The third kappa shape index (κ3) is 2.50. The van der Waals surface area contributed by atoms with Gasteiger partial charge in [0, 0.05) is 35.7 Å². The van der Waals surface area contributed by atoms with E-state index in [2.05, 4.69) is 10.2 Å². The molecule has 1 aromatic carbocycles.